The van der Waals surface area contributed by atoms with Crippen LogP contribution in [0.5, 0.6) is 0 Å². The maximum absolute atomic E-state index is 12.5. The van der Waals surface area contributed by atoms with Gasteiger partial charge in [0.1, 0.15) is 5.76 Å². The van der Waals surface area contributed by atoms with E-state index in [0.29, 0.717) is 44.1 Å². The lowest BCUT2D eigenvalue weighted by atomic mass is 9.95. The molecule has 1 aromatic heterocycles. The predicted molar refractivity (Wildman–Crippen MR) is 95.4 cm³/mol. The van der Waals surface area contributed by atoms with E-state index >= 15 is 0 Å². The second-order valence-electron chi connectivity index (χ2n) is 7.16. The predicted octanol–water partition coefficient (Wildman–Crippen LogP) is 2.72. The van der Waals surface area contributed by atoms with Crippen LogP contribution < -0.4 is 5.32 Å². The molecule has 136 valence electrons. The van der Waals surface area contributed by atoms with Crippen LogP contribution in [0.25, 0.3) is 0 Å². The lowest BCUT2D eigenvalue weighted by Gasteiger charge is -2.30. The smallest absolute Gasteiger partial charge is 0.276 e. The quantitative estimate of drug-likeness (QED) is 0.897. The highest BCUT2D eigenvalue weighted by Crippen LogP contribution is 2.40. The van der Waals surface area contributed by atoms with Crippen molar-refractivity contribution in [3.05, 3.63) is 53.4 Å². The molecule has 2 amide bonds. The first-order valence-corrected chi connectivity index (χ1v) is 9.28. The average Bonchev–Trinajstić information content (AvgIpc) is 3.43. The summed E-state index contributed by atoms with van der Waals surface area (Å²) in [7, 11) is 0. The van der Waals surface area contributed by atoms with E-state index in [1.165, 1.54) is 0 Å². The second-order valence-corrected chi connectivity index (χ2v) is 7.16. The number of hydrogen-bond donors (Lipinski definition) is 1. The number of aromatic nitrogens is 1. The van der Waals surface area contributed by atoms with Gasteiger partial charge in [0, 0.05) is 37.5 Å². The normalized spacial score (nSPS) is 17.9. The van der Waals surface area contributed by atoms with E-state index in [4.69, 9.17) is 4.52 Å². The van der Waals surface area contributed by atoms with E-state index in [1.54, 1.807) is 11.0 Å². The van der Waals surface area contributed by atoms with Crippen LogP contribution in [0.4, 0.5) is 0 Å². The van der Waals surface area contributed by atoms with Crippen LogP contribution in [0, 0.1) is 5.92 Å². The van der Waals surface area contributed by atoms with Crippen LogP contribution in [-0.2, 0) is 11.3 Å². The van der Waals surface area contributed by atoms with Gasteiger partial charge >= 0.3 is 0 Å². The number of benzene rings is 1. The Balaban J connectivity index is 1.26. The van der Waals surface area contributed by atoms with Gasteiger partial charge in [0.05, 0.1) is 0 Å². The van der Waals surface area contributed by atoms with Gasteiger partial charge in [-0.15, -0.1) is 0 Å². The summed E-state index contributed by atoms with van der Waals surface area (Å²) in [6.45, 7) is 1.70. The number of piperidine rings is 1. The van der Waals surface area contributed by atoms with Crippen LogP contribution in [0.1, 0.15) is 53.4 Å². The fourth-order valence-corrected chi connectivity index (χ4v) is 3.39. The number of carbonyl (C=O) groups is 2. The number of rotatable bonds is 5. The summed E-state index contributed by atoms with van der Waals surface area (Å²) in [5, 5.41) is 6.92. The molecule has 4 rings (SSSR count). The van der Waals surface area contributed by atoms with E-state index in [9.17, 15) is 9.59 Å². The van der Waals surface area contributed by atoms with Crippen molar-refractivity contribution in [2.45, 2.75) is 38.1 Å². The molecule has 0 unspecified atom stereocenters. The zero-order valence-electron chi connectivity index (χ0n) is 14.7. The molecular weight excluding hydrogens is 330 g/mol. The summed E-state index contributed by atoms with van der Waals surface area (Å²) >= 11 is 0. The van der Waals surface area contributed by atoms with Gasteiger partial charge in [-0.05, 0) is 31.2 Å². The maximum Gasteiger partial charge on any atom is 0.276 e. The molecule has 6 heteroatoms. The molecule has 2 aliphatic rings. The van der Waals surface area contributed by atoms with Crippen molar-refractivity contribution in [3.8, 4) is 0 Å². The number of nitrogens with zero attached hydrogens (tertiary/aromatic N) is 2. The van der Waals surface area contributed by atoms with Crippen LogP contribution in [0.15, 0.2) is 40.9 Å². The van der Waals surface area contributed by atoms with Gasteiger partial charge < -0.3 is 14.7 Å². The van der Waals surface area contributed by atoms with Crippen molar-refractivity contribution < 1.29 is 14.1 Å². The van der Waals surface area contributed by atoms with Gasteiger partial charge in [-0.25, -0.2) is 0 Å². The van der Waals surface area contributed by atoms with Crippen molar-refractivity contribution in [1.82, 2.24) is 15.4 Å². The summed E-state index contributed by atoms with van der Waals surface area (Å²) in [6, 6.07) is 11.7. The van der Waals surface area contributed by atoms with E-state index < -0.39 is 0 Å². The van der Waals surface area contributed by atoms with Gasteiger partial charge in [-0.3, -0.25) is 9.59 Å². The summed E-state index contributed by atoms with van der Waals surface area (Å²) in [5.41, 5.74) is 1.48. The molecule has 0 bridgehead atoms. The van der Waals surface area contributed by atoms with E-state index in [-0.39, 0.29) is 17.7 Å². The first kappa shape index (κ1) is 16.8. The first-order chi connectivity index (χ1) is 12.7. The molecule has 1 aliphatic carbocycles. The Morgan fingerprint density at radius 2 is 1.85 bits per heavy atom. The minimum Gasteiger partial charge on any atom is -0.360 e. The molecule has 2 fully saturated rings. The molecule has 0 spiro atoms. The molecule has 26 heavy (non-hydrogen) atoms. The molecule has 2 heterocycles. The second kappa shape index (κ2) is 7.32. The average molecular weight is 353 g/mol. The van der Waals surface area contributed by atoms with Crippen LogP contribution >= 0.6 is 0 Å². The highest BCUT2D eigenvalue weighted by molar-refractivity contribution is 5.92. The van der Waals surface area contributed by atoms with Crippen LogP contribution in [0.3, 0.4) is 0 Å². The van der Waals surface area contributed by atoms with Crippen LogP contribution in [0.2, 0.25) is 0 Å². The topological polar surface area (TPSA) is 75.4 Å². The molecule has 0 atom stereocenters. The fourth-order valence-electron chi connectivity index (χ4n) is 3.39. The van der Waals surface area contributed by atoms with Crippen molar-refractivity contribution in [2.75, 3.05) is 13.1 Å². The fraction of sp³-hybridized carbons (Fsp3) is 0.450. The number of nitrogens with one attached hydrogen (secondary N) is 1. The molecule has 1 aliphatic heterocycles. The molecule has 0 radical (unpaired) electrons. The van der Waals surface area contributed by atoms with E-state index in [0.717, 1.165) is 24.2 Å². The monoisotopic (exact) mass is 353 g/mol. The summed E-state index contributed by atoms with van der Waals surface area (Å²) in [6.07, 6.45) is 3.60. The van der Waals surface area contributed by atoms with Gasteiger partial charge in [-0.1, -0.05) is 35.5 Å². The van der Waals surface area contributed by atoms with E-state index in [2.05, 4.69) is 10.5 Å². The van der Waals surface area contributed by atoms with Crippen molar-refractivity contribution in [1.29, 1.82) is 0 Å². The Morgan fingerprint density at radius 3 is 2.54 bits per heavy atom. The summed E-state index contributed by atoms with van der Waals surface area (Å²) < 4.78 is 5.27. The minimum absolute atomic E-state index is 0.0397. The number of carbonyl (C=O) groups excluding carboxylic acids is 2. The summed E-state index contributed by atoms with van der Waals surface area (Å²) in [4.78, 5) is 26.7. The van der Waals surface area contributed by atoms with Gasteiger partial charge in [0.15, 0.2) is 5.69 Å². The summed E-state index contributed by atoms with van der Waals surface area (Å²) in [5.74, 6) is 1.20. The third kappa shape index (κ3) is 3.79. The highest BCUT2D eigenvalue weighted by Gasteiger charge is 2.32. The van der Waals surface area contributed by atoms with Crippen molar-refractivity contribution >= 4 is 11.8 Å². The Labute approximate surface area is 152 Å². The van der Waals surface area contributed by atoms with Gasteiger partial charge in [-0.2, -0.15) is 0 Å². The molecule has 2 aromatic rings. The third-order valence-corrected chi connectivity index (χ3v) is 5.19. The molecule has 1 N–H and O–H groups in total. The first-order valence-electron chi connectivity index (χ1n) is 9.28. The molecule has 1 saturated heterocycles. The Bertz CT molecular complexity index is 775. The maximum atomic E-state index is 12.5. The lowest BCUT2D eigenvalue weighted by Crippen LogP contribution is -2.43. The molecule has 6 nitrogen and oxygen atoms in total. The minimum atomic E-state index is -0.0937. The molecular formula is C20H23N3O3. The highest BCUT2D eigenvalue weighted by atomic mass is 16.5. The lowest BCUT2D eigenvalue weighted by molar-refractivity contribution is -0.126. The van der Waals surface area contributed by atoms with Crippen molar-refractivity contribution in [2.24, 2.45) is 5.92 Å². The largest absolute Gasteiger partial charge is 0.360 e. The zero-order valence-corrected chi connectivity index (χ0v) is 14.7. The number of hydrogen-bond acceptors (Lipinski definition) is 4. The van der Waals surface area contributed by atoms with Gasteiger partial charge in [0.2, 0.25) is 5.91 Å². The van der Waals surface area contributed by atoms with E-state index in [1.807, 2.05) is 30.3 Å². The third-order valence-electron chi connectivity index (χ3n) is 5.19. The zero-order chi connectivity index (χ0) is 17.9. The number of amides is 2. The Morgan fingerprint density at radius 1 is 1.12 bits per heavy atom. The molecule has 1 aromatic carbocycles. The van der Waals surface area contributed by atoms with Crippen molar-refractivity contribution in [3.63, 3.8) is 0 Å². The Hall–Kier alpha value is -2.63. The molecule has 1 saturated carbocycles. The van der Waals surface area contributed by atoms with Gasteiger partial charge in [0.25, 0.3) is 5.91 Å². The number of likely N-dealkylation sites (tertiary alicyclic amines) is 1. The standard InChI is InChI=1S/C20H23N3O3/c24-19(21-13-14-4-2-1-3-5-14)16-8-10-23(11-9-16)20(25)17-12-18(26-22-17)15-6-7-15/h1-5,12,15-16H,6-11,13H2,(H,21,24). The van der Waals surface area contributed by atoms with Crippen LogP contribution in [-0.4, -0.2) is 35.0 Å². The SMILES string of the molecule is O=C(NCc1ccccc1)C1CCN(C(=O)c2cc(C3CC3)on2)CC1. The Kier molecular flexibility index (Phi) is 4.73.